The molecule has 5 nitrogen and oxygen atoms in total. The van der Waals surface area contributed by atoms with Gasteiger partial charge in [-0.15, -0.1) is 0 Å². The van der Waals surface area contributed by atoms with E-state index in [9.17, 15) is 8.42 Å². The fourth-order valence-corrected chi connectivity index (χ4v) is 1.29. The Labute approximate surface area is 80.8 Å². The van der Waals surface area contributed by atoms with Crippen LogP contribution in [0.1, 0.15) is 5.56 Å². The fraction of sp³-hybridized carbons (Fsp3) is 0.333. The quantitative estimate of drug-likeness (QED) is 0.699. The molecule has 0 aliphatic carbocycles. The summed E-state index contributed by atoms with van der Waals surface area (Å²) in [5.74, 6) is 0. The van der Waals surface area contributed by atoms with E-state index >= 15 is 0 Å². The minimum Gasteiger partial charge on any atom is -0.274 e. The molecule has 0 spiro atoms. The second-order valence-electron chi connectivity index (χ2n) is 2.40. The van der Waals surface area contributed by atoms with Crippen molar-refractivity contribution in [2.75, 3.05) is 6.26 Å². The minimum absolute atomic E-state index is 0.144. The smallest absolute Gasteiger partial charge is 0.246 e. The van der Waals surface area contributed by atoms with Gasteiger partial charge in [0, 0.05) is 24.2 Å². The molecule has 0 unspecified atom stereocenters. The highest BCUT2D eigenvalue weighted by atomic mass is 35.5. The molecular formula is C6H7ClN2O3S. The van der Waals surface area contributed by atoms with Crippen molar-refractivity contribution in [3.8, 4) is 0 Å². The first-order valence-corrected chi connectivity index (χ1v) is 5.48. The average molecular weight is 223 g/mol. The maximum absolute atomic E-state index is 10.9. The summed E-state index contributed by atoms with van der Waals surface area (Å²) in [6.45, 7) is 0.144. The van der Waals surface area contributed by atoms with Crippen molar-refractivity contribution < 1.29 is 12.7 Å². The summed E-state index contributed by atoms with van der Waals surface area (Å²) in [7, 11) is -3.33. The van der Waals surface area contributed by atoms with Crippen LogP contribution in [0.25, 0.3) is 0 Å². The predicted octanol–water partition coefficient (Wildman–Crippen LogP) is 0.550. The van der Waals surface area contributed by atoms with Crippen molar-refractivity contribution in [3.63, 3.8) is 0 Å². The summed E-state index contributed by atoms with van der Waals surface area (Å²) in [6.07, 6.45) is 3.75. The average Bonchev–Trinajstić information content (AvgIpc) is 2.04. The molecule has 0 saturated heterocycles. The zero-order valence-corrected chi connectivity index (χ0v) is 8.34. The molecule has 0 N–H and O–H groups in total. The van der Waals surface area contributed by atoms with Gasteiger partial charge in [0.2, 0.25) is 15.0 Å². The molecule has 0 radical (unpaired) electrons. The Bertz CT molecular complexity index is 375. The number of hydrogen-bond acceptors (Lipinski definition) is 5. The van der Waals surface area contributed by atoms with Crippen molar-refractivity contribution in [2.45, 2.75) is 11.8 Å². The Balaban J connectivity index is 2.94. The lowest BCUT2D eigenvalue weighted by atomic mass is 10.4. The van der Waals surface area contributed by atoms with E-state index < -0.39 is 9.84 Å². The van der Waals surface area contributed by atoms with Crippen molar-refractivity contribution in [2.24, 2.45) is 0 Å². The normalized spacial score (nSPS) is 11.5. The molecule has 7 heteroatoms. The van der Waals surface area contributed by atoms with E-state index in [-0.39, 0.29) is 11.8 Å². The van der Waals surface area contributed by atoms with Gasteiger partial charge in [0.25, 0.3) is 0 Å². The van der Waals surface area contributed by atoms with Crippen molar-refractivity contribution in [3.05, 3.63) is 18.0 Å². The second-order valence-corrected chi connectivity index (χ2v) is 4.53. The van der Waals surface area contributed by atoms with Gasteiger partial charge >= 0.3 is 0 Å². The van der Waals surface area contributed by atoms with Gasteiger partial charge in [-0.2, -0.15) is 0 Å². The van der Waals surface area contributed by atoms with E-state index in [0.29, 0.717) is 5.56 Å². The van der Waals surface area contributed by atoms with Gasteiger partial charge in [0.15, 0.2) is 0 Å². The van der Waals surface area contributed by atoms with Crippen LogP contribution in [0.2, 0.25) is 0 Å². The largest absolute Gasteiger partial charge is 0.274 e. The minimum atomic E-state index is -3.33. The third kappa shape index (κ3) is 2.91. The van der Waals surface area contributed by atoms with E-state index in [1.54, 1.807) is 0 Å². The molecule has 72 valence electrons. The molecule has 1 rings (SSSR count). The predicted molar refractivity (Wildman–Crippen MR) is 45.8 cm³/mol. The highest BCUT2D eigenvalue weighted by Crippen LogP contribution is 2.03. The molecule has 1 heterocycles. The molecule has 13 heavy (non-hydrogen) atoms. The molecule has 0 aliphatic heterocycles. The Morgan fingerprint density at radius 2 is 2.00 bits per heavy atom. The van der Waals surface area contributed by atoms with Crippen molar-refractivity contribution >= 4 is 21.7 Å². The lowest BCUT2D eigenvalue weighted by molar-refractivity contribution is 0.339. The van der Waals surface area contributed by atoms with Gasteiger partial charge in [-0.25, -0.2) is 18.4 Å². The molecule has 1 aromatic rings. The zero-order chi connectivity index (χ0) is 9.90. The second kappa shape index (κ2) is 3.99. The molecule has 0 bridgehead atoms. The first kappa shape index (κ1) is 10.4. The van der Waals surface area contributed by atoms with Gasteiger partial charge in [-0.1, -0.05) is 0 Å². The van der Waals surface area contributed by atoms with E-state index in [0.717, 1.165) is 6.26 Å². The first-order valence-electron chi connectivity index (χ1n) is 3.28. The van der Waals surface area contributed by atoms with Crippen molar-refractivity contribution in [1.29, 1.82) is 0 Å². The first-order chi connectivity index (χ1) is 6.04. The van der Waals surface area contributed by atoms with Gasteiger partial charge in [0.1, 0.15) is 0 Å². The van der Waals surface area contributed by atoms with Crippen LogP contribution >= 0.6 is 11.9 Å². The third-order valence-electron chi connectivity index (χ3n) is 1.23. The standard InChI is InChI=1S/C6H7ClN2O3S/c1-13(10,11)6-8-2-5(3-9-6)4-12-7/h2-3H,4H2,1H3. The summed E-state index contributed by atoms with van der Waals surface area (Å²) >= 11 is 4.99. The van der Waals surface area contributed by atoms with E-state index in [1.807, 2.05) is 0 Å². The maximum atomic E-state index is 10.9. The van der Waals surface area contributed by atoms with Gasteiger partial charge in [-0.3, -0.25) is 4.29 Å². The van der Waals surface area contributed by atoms with Gasteiger partial charge in [-0.05, 0) is 0 Å². The van der Waals surface area contributed by atoms with Crippen LogP contribution in [-0.2, 0) is 20.7 Å². The van der Waals surface area contributed by atoms with Crippen LogP contribution in [0.15, 0.2) is 17.6 Å². The SMILES string of the molecule is CS(=O)(=O)c1ncc(COCl)cn1. The lowest BCUT2D eigenvalue weighted by Gasteiger charge is -1.97. The topological polar surface area (TPSA) is 69.2 Å². The van der Waals surface area contributed by atoms with Crippen LogP contribution in [0, 0.1) is 0 Å². The zero-order valence-electron chi connectivity index (χ0n) is 6.77. The third-order valence-corrected chi connectivity index (χ3v) is 2.22. The number of hydrogen-bond donors (Lipinski definition) is 0. The number of aromatic nitrogens is 2. The summed E-state index contributed by atoms with van der Waals surface area (Å²) in [4.78, 5) is 7.26. The van der Waals surface area contributed by atoms with Gasteiger partial charge < -0.3 is 0 Å². The maximum Gasteiger partial charge on any atom is 0.246 e. The Hall–Kier alpha value is -0.720. The molecule has 0 aliphatic rings. The molecule has 0 saturated carbocycles. The van der Waals surface area contributed by atoms with Crippen LogP contribution in [-0.4, -0.2) is 24.6 Å². The van der Waals surface area contributed by atoms with Gasteiger partial charge in [0.05, 0.1) is 18.5 Å². The van der Waals surface area contributed by atoms with E-state index in [2.05, 4.69) is 14.3 Å². The Morgan fingerprint density at radius 3 is 2.38 bits per heavy atom. The highest BCUT2D eigenvalue weighted by molar-refractivity contribution is 7.90. The number of halogens is 1. The lowest BCUT2D eigenvalue weighted by Crippen LogP contribution is -2.04. The molecule has 0 aromatic carbocycles. The van der Waals surface area contributed by atoms with Crippen LogP contribution < -0.4 is 0 Å². The summed E-state index contributed by atoms with van der Waals surface area (Å²) < 4.78 is 26.1. The Kier molecular flexibility index (Phi) is 3.18. The molecule has 0 fully saturated rings. The molecule has 0 atom stereocenters. The van der Waals surface area contributed by atoms with Crippen LogP contribution in [0.3, 0.4) is 0 Å². The summed E-state index contributed by atoms with van der Waals surface area (Å²) in [6, 6.07) is 0. The number of nitrogens with zero attached hydrogens (tertiary/aromatic N) is 2. The summed E-state index contributed by atoms with van der Waals surface area (Å²) in [5, 5.41) is -0.203. The van der Waals surface area contributed by atoms with E-state index in [4.69, 9.17) is 11.9 Å². The van der Waals surface area contributed by atoms with E-state index in [1.165, 1.54) is 12.4 Å². The highest BCUT2D eigenvalue weighted by Gasteiger charge is 2.09. The molecule has 0 amide bonds. The monoisotopic (exact) mass is 222 g/mol. The number of rotatable bonds is 3. The summed E-state index contributed by atoms with van der Waals surface area (Å²) in [5.41, 5.74) is 0.613. The molecular weight excluding hydrogens is 216 g/mol. The fourth-order valence-electron chi connectivity index (χ4n) is 0.672. The van der Waals surface area contributed by atoms with Crippen LogP contribution in [0.5, 0.6) is 0 Å². The number of sulfone groups is 1. The molecule has 1 aromatic heterocycles. The van der Waals surface area contributed by atoms with Crippen LogP contribution in [0.4, 0.5) is 0 Å². The van der Waals surface area contributed by atoms with Crippen molar-refractivity contribution in [1.82, 2.24) is 9.97 Å². The Morgan fingerprint density at radius 1 is 1.46 bits per heavy atom.